The maximum absolute atomic E-state index is 6.11. The molecule has 4 heteroatoms. The summed E-state index contributed by atoms with van der Waals surface area (Å²) in [4.78, 5) is 3.22. The first-order valence-corrected chi connectivity index (χ1v) is 6.47. The van der Waals surface area contributed by atoms with Crippen molar-refractivity contribution in [2.75, 3.05) is 0 Å². The van der Waals surface area contributed by atoms with Crippen molar-refractivity contribution < 1.29 is 9.31 Å². The Morgan fingerprint density at radius 1 is 1.17 bits per heavy atom. The van der Waals surface area contributed by atoms with Crippen LogP contribution in [-0.2, 0) is 9.31 Å². The van der Waals surface area contributed by atoms with E-state index in [1.807, 2.05) is 6.20 Å². The first-order valence-electron chi connectivity index (χ1n) is 6.47. The van der Waals surface area contributed by atoms with Crippen LogP contribution in [0.5, 0.6) is 0 Å². The quantitative estimate of drug-likeness (QED) is 0.775. The average Bonchev–Trinajstić information content (AvgIpc) is 2.79. The summed E-state index contributed by atoms with van der Waals surface area (Å²) in [5, 5.41) is 1.22. The molecule has 1 saturated carbocycles. The van der Waals surface area contributed by atoms with Crippen molar-refractivity contribution in [2.45, 2.75) is 32.0 Å². The number of H-pyrrole nitrogens is 1. The summed E-state index contributed by atoms with van der Waals surface area (Å²) in [6.45, 7) is 6.47. The zero-order valence-corrected chi connectivity index (χ0v) is 10.9. The fourth-order valence-corrected chi connectivity index (χ4v) is 3.23. The number of hydrogen-bond donors (Lipinski definition) is 1. The standard InChI is InChI=1S/C14H16BNO2/c1-9-13(2)14(9,3)18-15(17-13)11-5-4-10-6-7-16-12(10)8-11/h4-9,16H,1-3H3. The van der Waals surface area contributed by atoms with Crippen LogP contribution >= 0.6 is 0 Å². The van der Waals surface area contributed by atoms with Gasteiger partial charge in [0.25, 0.3) is 0 Å². The summed E-state index contributed by atoms with van der Waals surface area (Å²) >= 11 is 0. The molecule has 1 aromatic heterocycles. The molecule has 3 nitrogen and oxygen atoms in total. The van der Waals surface area contributed by atoms with Crippen LogP contribution in [0.3, 0.4) is 0 Å². The molecule has 0 spiro atoms. The molecule has 1 N–H and O–H groups in total. The summed E-state index contributed by atoms with van der Waals surface area (Å²) in [6.07, 6.45) is 1.95. The molecule has 0 bridgehead atoms. The van der Waals surface area contributed by atoms with Gasteiger partial charge >= 0.3 is 7.12 Å². The Labute approximate surface area is 107 Å². The van der Waals surface area contributed by atoms with Crippen molar-refractivity contribution in [3.63, 3.8) is 0 Å². The zero-order valence-electron chi connectivity index (χ0n) is 10.9. The van der Waals surface area contributed by atoms with Gasteiger partial charge < -0.3 is 14.3 Å². The predicted octanol–water partition coefficient (Wildman–Crippen LogP) is 2.08. The highest BCUT2D eigenvalue weighted by Gasteiger charge is 2.77. The number of fused-ring (bicyclic) bond motifs is 2. The molecule has 1 aliphatic heterocycles. The van der Waals surface area contributed by atoms with Crippen molar-refractivity contribution in [2.24, 2.45) is 5.92 Å². The van der Waals surface area contributed by atoms with Crippen molar-refractivity contribution >= 4 is 23.5 Å². The van der Waals surface area contributed by atoms with E-state index < -0.39 is 0 Å². The summed E-state index contributed by atoms with van der Waals surface area (Å²) in [6, 6.07) is 8.37. The van der Waals surface area contributed by atoms with Crippen LogP contribution in [0.2, 0.25) is 0 Å². The van der Waals surface area contributed by atoms with Gasteiger partial charge in [0.2, 0.25) is 0 Å². The topological polar surface area (TPSA) is 34.2 Å². The number of benzene rings is 1. The van der Waals surface area contributed by atoms with E-state index in [4.69, 9.17) is 9.31 Å². The SMILES string of the molecule is CC1C2(C)OB(c3ccc4cc[nH]c4c3)OC12C. The summed E-state index contributed by atoms with van der Waals surface area (Å²) in [7, 11) is -0.233. The highest BCUT2D eigenvalue weighted by atomic mass is 16.7. The first-order chi connectivity index (χ1) is 8.54. The van der Waals surface area contributed by atoms with Gasteiger partial charge in [-0.15, -0.1) is 0 Å². The lowest BCUT2D eigenvalue weighted by molar-refractivity contribution is 0.187. The van der Waals surface area contributed by atoms with Crippen LogP contribution < -0.4 is 5.46 Å². The molecule has 4 rings (SSSR count). The second-order valence-corrected chi connectivity index (χ2v) is 5.83. The van der Waals surface area contributed by atoms with Crippen LogP contribution in [-0.4, -0.2) is 23.3 Å². The van der Waals surface area contributed by atoms with E-state index in [0.29, 0.717) is 5.92 Å². The fourth-order valence-electron chi connectivity index (χ4n) is 3.23. The maximum atomic E-state index is 6.11. The normalized spacial score (nSPS) is 38.2. The molecule has 2 atom stereocenters. The molecular formula is C14H16BNO2. The van der Waals surface area contributed by atoms with Gasteiger partial charge in [0.05, 0.1) is 11.2 Å². The third-order valence-electron chi connectivity index (χ3n) is 5.11. The molecule has 2 aromatic rings. The van der Waals surface area contributed by atoms with Crippen LogP contribution in [0.25, 0.3) is 10.9 Å². The van der Waals surface area contributed by atoms with Crippen LogP contribution in [0.4, 0.5) is 0 Å². The minimum Gasteiger partial charge on any atom is -0.399 e. The summed E-state index contributed by atoms with van der Waals surface area (Å²) in [5.41, 5.74) is 1.97. The second-order valence-electron chi connectivity index (χ2n) is 5.83. The predicted molar refractivity (Wildman–Crippen MR) is 71.8 cm³/mol. The third-order valence-corrected chi connectivity index (χ3v) is 5.11. The summed E-state index contributed by atoms with van der Waals surface area (Å²) in [5.74, 6) is 0.468. The number of nitrogens with one attached hydrogen (secondary N) is 1. The Kier molecular flexibility index (Phi) is 1.78. The Hall–Kier alpha value is -1.26. The van der Waals surface area contributed by atoms with Gasteiger partial charge in [-0.25, -0.2) is 0 Å². The molecule has 1 aromatic carbocycles. The highest BCUT2D eigenvalue weighted by Crippen LogP contribution is 2.63. The lowest BCUT2D eigenvalue weighted by atomic mass is 9.78. The van der Waals surface area contributed by atoms with Crippen molar-refractivity contribution in [1.29, 1.82) is 0 Å². The Morgan fingerprint density at radius 2 is 1.89 bits per heavy atom. The molecule has 0 amide bonds. The van der Waals surface area contributed by atoms with Gasteiger partial charge in [0.1, 0.15) is 0 Å². The molecular weight excluding hydrogens is 225 g/mol. The first kappa shape index (κ1) is 10.6. The molecule has 2 unspecified atom stereocenters. The maximum Gasteiger partial charge on any atom is 0.494 e. The van der Waals surface area contributed by atoms with Gasteiger partial charge in [0.15, 0.2) is 0 Å². The molecule has 1 aliphatic carbocycles. The van der Waals surface area contributed by atoms with Crippen molar-refractivity contribution in [3.05, 3.63) is 30.5 Å². The van der Waals surface area contributed by atoms with E-state index in [0.717, 1.165) is 11.0 Å². The minimum atomic E-state index is -0.233. The number of aromatic amines is 1. The van der Waals surface area contributed by atoms with Crippen molar-refractivity contribution in [1.82, 2.24) is 4.98 Å². The van der Waals surface area contributed by atoms with E-state index in [1.54, 1.807) is 0 Å². The highest BCUT2D eigenvalue weighted by molar-refractivity contribution is 6.62. The molecule has 2 aliphatic rings. The Morgan fingerprint density at radius 3 is 2.61 bits per heavy atom. The van der Waals surface area contributed by atoms with E-state index in [9.17, 15) is 0 Å². The van der Waals surface area contributed by atoms with E-state index in [1.165, 1.54) is 5.39 Å². The number of rotatable bonds is 1. The fraction of sp³-hybridized carbons (Fsp3) is 0.429. The van der Waals surface area contributed by atoms with Gasteiger partial charge in [-0.3, -0.25) is 0 Å². The largest absolute Gasteiger partial charge is 0.494 e. The van der Waals surface area contributed by atoms with E-state index in [-0.39, 0.29) is 18.3 Å². The third kappa shape index (κ3) is 1.08. The average molecular weight is 241 g/mol. The van der Waals surface area contributed by atoms with Gasteiger partial charge in [0, 0.05) is 17.6 Å². The second kappa shape index (κ2) is 3.01. The minimum absolute atomic E-state index is 0.123. The zero-order chi connectivity index (χ0) is 12.5. The number of hydrogen-bond acceptors (Lipinski definition) is 2. The molecule has 2 heterocycles. The molecule has 1 saturated heterocycles. The van der Waals surface area contributed by atoms with Crippen LogP contribution in [0, 0.1) is 5.92 Å². The smallest absolute Gasteiger partial charge is 0.399 e. The van der Waals surface area contributed by atoms with Crippen LogP contribution in [0.1, 0.15) is 20.8 Å². The van der Waals surface area contributed by atoms with E-state index in [2.05, 4.69) is 50.0 Å². The van der Waals surface area contributed by atoms with Crippen molar-refractivity contribution in [3.8, 4) is 0 Å². The molecule has 18 heavy (non-hydrogen) atoms. The van der Waals surface area contributed by atoms with Gasteiger partial charge in [-0.05, 0) is 36.8 Å². The molecule has 2 fully saturated rings. The molecule has 0 radical (unpaired) electrons. The summed E-state index contributed by atoms with van der Waals surface area (Å²) < 4.78 is 12.2. The monoisotopic (exact) mass is 241 g/mol. The lowest BCUT2D eigenvalue weighted by Crippen LogP contribution is -2.37. The van der Waals surface area contributed by atoms with E-state index >= 15 is 0 Å². The Balaban J connectivity index is 1.69. The number of aromatic nitrogens is 1. The van der Waals surface area contributed by atoms with Crippen LogP contribution in [0.15, 0.2) is 30.5 Å². The molecule has 92 valence electrons. The lowest BCUT2D eigenvalue weighted by Gasteiger charge is -2.14. The Bertz CT molecular complexity index is 622. The van der Waals surface area contributed by atoms with Gasteiger partial charge in [-0.1, -0.05) is 19.1 Å². The van der Waals surface area contributed by atoms with Gasteiger partial charge in [-0.2, -0.15) is 0 Å².